The standard InChI is InChI=1S/C20H26N6O.HI/c1-3-21-20(22-13-11-16-8-4-5-9-17(16)27-2)23-14-12-19-25-24-18-10-6-7-15-26(18)19;/h4-10,15H,3,11-14H2,1-2H3,(H2,21,22,23);1H. The molecule has 7 nitrogen and oxygen atoms in total. The van der Waals surface area contributed by atoms with Gasteiger partial charge in [-0.3, -0.25) is 9.39 Å². The molecule has 150 valence electrons. The van der Waals surface area contributed by atoms with E-state index < -0.39 is 0 Å². The van der Waals surface area contributed by atoms with Crippen molar-refractivity contribution in [3.8, 4) is 5.75 Å². The molecule has 0 atom stereocenters. The second kappa shape index (κ2) is 11.5. The lowest BCUT2D eigenvalue weighted by molar-refractivity contribution is 0.409. The predicted molar refractivity (Wildman–Crippen MR) is 123 cm³/mol. The van der Waals surface area contributed by atoms with Crippen molar-refractivity contribution in [2.75, 3.05) is 26.7 Å². The second-order valence-corrected chi connectivity index (χ2v) is 6.04. The highest BCUT2D eigenvalue weighted by Gasteiger charge is 2.05. The first kappa shape index (κ1) is 21.9. The van der Waals surface area contributed by atoms with E-state index in [1.165, 1.54) is 5.56 Å². The largest absolute Gasteiger partial charge is 0.496 e. The molecule has 3 aromatic rings. The van der Waals surface area contributed by atoms with E-state index in [1.807, 2.05) is 47.0 Å². The summed E-state index contributed by atoms with van der Waals surface area (Å²) in [5, 5.41) is 15.1. The summed E-state index contributed by atoms with van der Waals surface area (Å²) >= 11 is 0. The van der Waals surface area contributed by atoms with Gasteiger partial charge in [0.05, 0.1) is 7.11 Å². The predicted octanol–water partition coefficient (Wildman–Crippen LogP) is 2.70. The zero-order valence-electron chi connectivity index (χ0n) is 16.3. The van der Waals surface area contributed by atoms with Crippen LogP contribution in [0.25, 0.3) is 5.65 Å². The lowest BCUT2D eigenvalue weighted by Crippen LogP contribution is -2.38. The Hall–Kier alpha value is -2.36. The van der Waals surface area contributed by atoms with Crippen LogP contribution in [0.15, 0.2) is 53.7 Å². The van der Waals surface area contributed by atoms with Crippen molar-refractivity contribution in [2.45, 2.75) is 19.8 Å². The molecule has 0 unspecified atom stereocenters. The number of halogens is 1. The molecule has 2 heterocycles. The lowest BCUT2D eigenvalue weighted by atomic mass is 10.1. The molecule has 0 aliphatic carbocycles. The second-order valence-electron chi connectivity index (χ2n) is 6.04. The topological polar surface area (TPSA) is 75.8 Å². The monoisotopic (exact) mass is 494 g/mol. The van der Waals surface area contributed by atoms with Crippen LogP contribution in [0.2, 0.25) is 0 Å². The molecule has 0 radical (unpaired) electrons. The van der Waals surface area contributed by atoms with E-state index in [9.17, 15) is 0 Å². The van der Waals surface area contributed by atoms with Crippen molar-refractivity contribution in [2.24, 2.45) is 4.99 Å². The zero-order valence-corrected chi connectivity index (χ0v) is 18.6. The number of hydrogen-bond donors (Lipinski definition) is 2. The maximum absolute atomic E-state index is 5.40. The quantitative estimate of drug-likeness (QED) is 0.286. The highest BCUT2D eigenvalue weighted by Crippen LogP contribution is 2.17. The van der Waals surface area contributed by atoms with Crippen molar-refractivity contribution in [1.82, 2.24) is 25.2 Å². The number of para-hydroxylation sites is 1. The summed E-state index contributed by atoms with van der Waals surface area (Å²) in [6, 6.07) is 14.0. The van der Waals surface area contributed by atoms with E-state index >= 15 is 0 Å². The Balaban J connectivity index is 0.00000280. The maximum atomic E-state index is 5.40. The molecule has 8 heteroatoms. The number of aliphatic imine (C=N–C) groups is 1. The van der Waals surface area contributed by atoms with E-state index in [0.29, 0.717) is 6.54 Å². The van der Waals surface area contributed by atoms with Crippen LogP contribution in [-0.4, -0.2) is 47.3 Å². The Morgan fingerprint density at radius 2 is 1.89 bits per heavy atom. The first-order valence-electron chi connectivity index (χ1n) is 9.24. The number of aromatic nitrogens is 3. The summed E-state index contributed by atoms with van der Waals surface area (Å²) in [6.07, 6.45) is 3.57. The maximum Gasteiger partial charge on any atom is 0.191 e. The van der Waals surface area contributed by atoms with Crippen molar-refractivity contribution >= 4 is 35.6 Å². The van der Waals surface area contributed by atoms with Crippen molar-refractivity contribution in [1.29, 1.82) is 0 Å². The van der Waals surface area contributed by atoms with Crippen LogP contribution in [0.1, 0.15) is 18.3 Å². The molecule has 0 aliphatic heterocycles. The van der Waals surface area contributed by atoms with Gasteiger partial charge in [0.15, 0.2) is 11.6 Å². The number of benzene rings is 1. The van der Waals surface area contributed by atoms with Crippen LogP contribution in [0.3, 0.4) is 0 Å². The number of ether oxygens (including phenoxy) is 1. The van der Waals surface area contributed by atoms with Crippen molar-refractivity contribution < 1.29 is 4.74 Å². The van der Waals surface area contributed by atoms with Gasteiger partial charge in [-0.2, -0.15) is 0 Å². The Morgan fingerprint density at radius 3 is 2.71 bits per heavy atom. The number of fused-ring (bicyclic) bond motifs is 1. The van der Waals surface area contributed by atoms with Crippen LogP contribution < -0.4 is 15.4 Å². The normalized spacial score (nSPS) is 11.1. The summed E-state index contributed by atoms with van der Waals surface area (Å²) < 4.78 is 7.40. The van der Waals surface area contributed by atoms with Gasteiger partial charge in [-0.1, -0.05) is 24.3 Å². The minimum Gasteiger partial charge on any atom is -0.496 e. The number of rotatable bonds is 8. The van der Waals surface area contributed by atoms with Gasteiger partial charge in [0, 0.05) is 32.3 Å². The molecule has 0 amide bonds. The Morgan fingerprint density at radius 1 is 1.07 bits per heavy atom. The van der Waals surface area contributed by atoms with E-state index in [2.05, 4.69) is 38.8 Å². The van der Waals surface area contributed by atoms with Crippen LogP contribution in [-0.2, 0) is 12.8 Å². The molecule has 28 heavy (non-hydrogen) atoms. The molecule has 0 aliphatic rings. The zero-order chi connectivity index (χ0) is 18.9. The number of nitrogens with zero attached hydrogens (tertiary/aromatic N) is 4. The van der Waals surface area contributed by atoms with E-state index in [-0.39, 0.29) is 24.0 Å². The third-order valence-electron chi connectivity index (χ3n) is 4.21. The van der Waals surface area contributed by atoms with Gasteiger partial charge in [-0.15, -0.1) is 34.2 Å². The summed E-state index contributed by atoms with van der Waals surface area (Å²) in [4.78, 5) is 4.65. The fraction of sp³-hybridized carbons (Fsp3) is 0.350. The molecule has 3 rings (SSSR count). The Bertz CT molecular complexity index is 895. The molecule has 0 fully saturated rings. The smallest absolute Gasteiger partial charge is 0.191 e. The van der Waals surface area contributed by atoms with Crippen molar-refractivity contribution in [3.63, 3.8) is 0 Å². The fourth-order valence-corrected chi connectivity index (χ4v) is 2.90. The summed E-state index contributed by atoms with van der Waals surface area (Å²) in [5.74, 6) is 2.64. The highest BCUT2D eigenvalue weighted by atomic mass is 127. The third kappa shape index (κ3) is 5.82. The van der Waals surface area contributed by atoms with Gasteiger partial charge >= 0.3 is 0 Å². The van der Waals surface area contributed by atoms with Gasteiger partial charge in [-0.05, 0) is 37.1 Å². The molecule has 0 saturated carbocycles. The minimum absolute atomic E-state index is 0. The molecule has 0 spiro atoms. The number of hydrogen-bond acceptors (Lipinski definition) is 4. The van der Waals surface area contributed by atoms with E-state index in [1.54, 1.807) is 7.11 Å². The average Bonchev–Trinajstić information content (AvgIpc) is 3.11. The molecular formula is C20H27IN6O. The minimum atomic E-state index is 0. The highest BCUT2D eigenvalue weighted by molar-refractivity contribution is 14.0. The molecular weight excluding hydrogens is 467 g/mol. The average molecular weight is 494 g/mol. The van der Waals surface area contributed by atoms with Gasteiger partial charge < -0.3 is 15.4 Å². The molecule has 0 bridgehead atoms. The Kier molecular flexibility index (Phi) is 8.99. The summed E-state index contributed by atoms with van der Waals surface area (Å²) in [5.41, 5.74) is 2.04. The number of nitrogens with one attached hydrogen (secondary N) is 2. The summed E-state index contributed by atoms with van der Waals surface area (Å²) in [6.45, 7) is 4.29. The first-order chi connectivity index (χ1) is 13.3. The SMILES string of the molecule is CCNC(=NCCc1nnc2ccccn12)NCCc1ccccc1OC.I. The number of methoxy groups -OCH3 is 1. The molecule has 0 saturated heterocycles. The Labute approximate surface area is 182 Å². The van der Waals surface area contributed by atoms with Crippen LogP contribution >= 0.6 is 24.0 Å². The number of guanidine groups is 1. The van der Waals surface area contributed by atoms with Crippen LogP contribution in [0.4, 0.5) is 0 Å². The van der Waals surface area contributed by atoms with Crippen LogP contribution in [0.5, 0.6) is 5.75 Å². The van der Waals surface area contributed by atoms with Crippen LogP contribution in [0, 0.1) is 0 Å². The van der Waals surface area contributed by atoms with E-state index in [4.69, 9.17) is 4.74 Å². The fourth-order valence-electron chi connectivity index (χ4n) is 2.90. The first-order valence-corrected chi connectivity index (χ1v) is 9.24. The van der Waals surface area contributed by atoms with Crippen molar-refractivity contribution in [3.05, 3.63) is 60.0 Å². The molecule has 1 aromatic carbocycles. The number of pyridine rings is 1. The van der Waals surface area contributed by atoms with Gasteiger partial charge in [0.2, 0.25) is 0 Å². The molecule has 2 aromatic heterocycles. The summed E-state index contributed by atoms with van der Waals surface area (Å²) in [7, 11) is 1.70. The lowest BCUT2D eigenvalue weighted by Gasteiger charge is -2.12. The van der Waals surface area contributed by atoms with Gasteiger partial charge in [-0.25, -0.2) is 0 Å². The van der Waals surface area contributed by atoms with Gasteiger partial charge in [0.1, 0.15) is 11.6 Å². The van der Waals surface area contributed by atoms with Gasteiger partial charge in [0.25, 0.3) is 0 Å². The van der Waals surface area contributed by atoms with E-state index in [0.717, 1.165) is 49.1 Å². The third-order valence-corrected chi connectivity index (χ3v) is 4.21. The molecule has 2 N–H and O–H groups in total.